The van der Waals surface area contributed by atoms with Crippen molar-refractivity contribution in [3.63, 3.8) is 0 Å². The minimum Gasteiger partial charge on any atom is -0.380 e. The summed E-state index contributed by atoms with van der Waals surface area (Å²) in [4.78, 5) is 14.6. The molecule has 122 valence electrons. The fraction of sp³-hybridized carbons (Fsp3) is 0.588. The van der Waals surface area contributed by atoms with Crippen LogP contribution in [0, 0.1) is 0 Å². The molecule has 0 aromatic heterocycles. The van der Waals surface area contributed by atoms with E-state index in [2.05, 4.69) is 17.1 Å². The molecule has 1 N–H and O–H groups in total. The second-order valence-electron chi connectivity index (χ2n) is 5.75. The number of hydrogen-bond acceptors (Lipinski definition) is 4. The summed E-state index contributed by atoms with van der Waals surface area (Å²) < 4.78 is 10.4. The number of carbonyl (C=O) groups is 1. The zero-order valence-electron chi connectivity index (χ0n) is 13.5. The van der Waals surface area contributed by atoms with Crippen LogP contribution in [0.3, 0.4) is 0 Å². The van der Waals surface area contributed by atoms with Crippen LogP contribution in [-0.4, -0.2) is 56.8 Å². The Hall–Kier alpha value is -1.43. The van der Waals surface area contributed by atoms with Crippen LogP contribution in [0.4, 0.5) is 0 Å². The van der Waals surface area contributed by atoms with Crippen LogP contribution in [0.2, 0.25) is 0 Å². The lowest BCUT2D eigenvalue weighted by atomic mass is 10.1. The summed E-state index contributed by atoms with van der Waals surface area (Å²) in [5.41, 5.74) is 1.76. The number of ether oxygens (including phenoxy) is 2. The van der Waals surface area contributed by atoms with Crippen LogP contribution >= 0.6 is 0 Å². The summed E-state index contributed by atoms with van der Waals surface area (Å²) in [7, 11) is 1.66. The van der Waals surface area contributed by atoms with E-state index in [0.29, 0.717) is 12.2 Å². The van der Waals surface area contributed by atoms with Crippen LogP contribution in [0.5, 0.6) is 0 Å². The molecule has 1 aromatic carbocycles. The molecular weight excluding hydrogens is 280 g/mol. The van der Waals surface area contributed by atoms with Crippen LogP contribution in [-0.2, 0) is 16.1 Å². The first-order valence-corrected chi connectivity index (χ1v) is 7.88. The van der Waals surface area contributed by atoms with Gasteiger partial charge in [-0.1, -0.05) is 12.1 Å². The van der Waals surface area contributed by atoms with Gasteiger partial charge in [0.05, 0.1) is 19.8 Å². The summed E-state index contributed by atoms with van der Waals surface area (Å²) in [6.45, 7) is 7.22. The number of nitrogens with zero attached hydrogens (tertiary/aromatic N) is 1. The van der Waals surface area contributed by atoms with Crippen molar-refractivity contribution in [3.8, 4) is 0 Å². The fourth-order valence-corrected chi connectivity index (χ4v) is 2.50. The maximum Gasteiger partial charge on any atom is 0.251 e. The van der Waals surface area contributed by atoms with Crippen molar-refractivity contribution in [2.45, 2.75) is 26.0 Å². The van der Waals surface area contributed by atoms with E-state index in [4.69, 9.17) is 9.47 Å². The molecule has 5 nitrogen and oxygen atoms in total. The van der Waals surface area contributed by atoms with Gasteiger partial charge in [-0.15, -0.1) is 0 Å². The first-order chi connectivity index (χ1) is 10.7. The van der Waals surface area contributed by atoms with Crippen LogP contribution in [0.15, 0.2) is 24.3 Å². The van der Waals surface area contributed by atoms with E-state index in [0.717, 1.165) is 44.8 Å². The van der Waals surface area contributed by atoms with E-state index in [1.807, 2.05) is 24.3 Å². The van der Waals surface area contributed by atoms with Gasteiger partial charge in [0.25, 0.3) is 5.91 Å². The molecule has 1 aliphatic rings. The summed E-state index contributed by atoms with van der Waals surface area (Å²) in [5.74, 6) is -0.0153. The standard InChI is InChI=1S/C17H26N2O3/c1-14(7-8-19-9-11-22-12-10-19)18-17(20)16-5-3-15(4-6-16)13-21-2/h3-6,14H,7-13H2,1-2H3,(H,18,20). The maximum absolute atomic E-state index is 12.2. The zero-order chi connectivity index (χ0) is 15.8. The quantitative estimate of drug-likeness (QED) is 0.832. The highest BCUT2D eigenvalue weighted by Crippen LogP contribution is 2.07. The summed E-state index contributed by atoms with van der Waals surface area (Å²) in [6, 6.07) is 7.71. The fourth-order valence-electron chi connectivity index (χ4n) is 2.50. The van der Waals surface area contributed by atoms with Gasteiger partial charge in [0.15, 0.2) is 0 Å². The van der Waals surface area contributed by atoms with Crippen LogP contribution < -0.4 is 5.32 Å². The number of hydrogen-bond donors (Lipinski definition) is 1. The average molecular weight is 306 g/mol. The van der Waals surface area contributed by atoms with Crippen molar-refractivity contribution in [1.82, 2.24) is 10.2 Å². The lowest BCUT2D eigenvalue weighted by Gasteiger charge is -2.27. The molecule has 2 rings (SSSR count). The zero-order valence-corrected chi connectivity index (χ0v) is 13.5. The Bertz CT molecular complexity index is 455. The Morgan fingerprint density at radius 3 is 2.64 bits per heavy atom. The Balaban J connectivity index is 1.75. The smallest absolute Gasteiger partial charge is 0.251 e. The third-order valence-electron chi connectivity index (χ3n) is 3.89. The highest BCUT2D eigenvalue weighted by atomic mass is 16.5. The van der Waals surface area contributed by atoms with Gasteiger partial charge >= 0.3 is 0 Å². The number of rotatable bonds is 7. The van der Waals surface area contributed by atoms with E-state index in [1.165, 1.54) is 0 Å². The molecule has 0 saturated carbocycles. The van der Waals surface area contributed by atoms with Crippen molar-refractivity contribution in [2.75, 3.05) is 40.0 Å². The molecule has 22 heavy (non-hydrogen) atoms. The molecule has 1 saturated heterocycles. The highest BCUT2D eigenvalue weighted by Gasteiger charge is 2.13. The molecule has 0 radical (unpaired) electrons. The van der Waals surface area contributed by atoms with Gasteiger partial charge in [-0.05, 0) is 31.0 Å². The van der Waals surface area contributed by atoms with E-state index >= 15 is 0 Å². The number of benzene rings is 1. The summed E-state index contributed by atoms with van der Waals surface area (Å²) in [6.07, 6.45) is 0.952. The Morgan fingerprint density at radius 1 is 1.32 bits per heavy atom. The third-order valence-corrected chi connectivity index (χ3v) is 3.89. The van der Waals surface area contributed by atoms with Gasteiger partial charge in [0, 0.05) is 38.3 Å². The van der Waals surface area contributed by atoms with Crippen molar-refractivity contribution in [1.29, 1.82) is 0 Å². The number of amides is 1. The molecule has 1 unspecified atom stereocenters. The molecule has 0 aliphatic carbocycles. The molecule has 1 aliphatic heterocycles. The Kier molecular flexibility index (Phi) is 6.83. The molecule has 1 heterocycles. The first-order valence-electron chi connectivity index (χ1n) is 7.88. The van der Waals surface area contributed by atoms with E-state index < -0.39 is 0 Å². The Labute approximate surface area is 132 Å². The molecule has 1 aromatic rings. The molecule has 1 amide bonds. The average Bonchev–Trinajstić information content (AvgIpc) is 2.55. The molecule has 0 spiro atoms. The normalized spacial score (nSPS) is 17.2. The number of methoxy groups -OCH3 is 1. The topological polar surface area (TPSA) is 50.8 Å². The second kappa shape index (κ2) is 8.88. The lowest BCUT2D eigenvalue weighted by Crippen LogP contribution is -2.40. The highest BCUT2D eigenvalue weighted by molar-refractivity contribution is 5.94. The largest absolute Gasteiger partial charge is 0.380 e. The van der Waals surface area contributed by atoms with Crippen molar-refractivity contribution in [2.24, 2.45) is 0 Å². The van der Waals surface area contributed by atoms with Crippen LogP contribution in [0.1, 0.15) is 29.3 Å². The van der Waals surface area contributed by atoms with Gasteiger partial charge in [0.2, 0.25) is 0 Å². The van der Waals surface area contributed by atoms with E-state index in [-0.39, 0.29) is 11.9 Å². The molecule has 5 heteroatoms. The van der Waals surface area contributed by atoms with E-state index in [9.17, 15) is 4.79 Å². The maximum atomic E-state index is 12.2. The van der Waals surface area contributed by atoms with Gasteiger partial charge < -0.3 is 14.8 Å². The molecule has 1 fully saturated rings. The summed E-state index contributed by atoms with van der Waals surface area (Å²) in [5, 5.41) is 3.06. The van der Waals surface area contributed by atoms with E-state index in [1.54, 1.807) is 7.11 Å². The van der Waals surface area contributed by atoms with Crippen molar-refractivity contribution in [3.05, 3.63) is 35.4 Å². The van der Waals surface area contributed by atoms with Crippen molar-refractivity contribution < 1.29 is 14.3 Å². The lowest BCUT2D eigenvalue weighted by molar-refractivity contribution is 0.0363. The number of morpholine rings is 1. The molecule has 0 bridgehead atoms. The van der Waals surface area contributed by atoms with Gasteiger partial charge in [-0.3, -0.25) is 9.69 Å². The second-order valence-corrected chi connectivity index (χ2v) is 5.75. The number of nitrogens with one attached hydrogen (secondary N) is 1. The first kappa shape index (κ1) is 16.9. The van der Waals surface area contributed by atoms with Gasteiger partial charge in [-0.25, -0.2) is 0 Å². The summed E-state index contributed by atoms with van der Waals surface area (Å²) >= 11 is 0. The minimum atomic E-state index is -0.0153. The SMILES string of the molecule is COCc1ccc(C(=O)NC(C)CCN2CCOCC2)cc1. The predicted octanol–water partition coefficient (Wildman–Crippen LogP) is 1.67. The number of carbonyl (C=O) groups excluding carboxylic acids is 1. The molecular formula is C17H26N2O3. The van der Waals surface area contributed by atoms with Gasteiger partial charge in [0.1, 0.15) is 0 Å². The van der Waals surface area contributed by atoms with Crippen LogP contribution in [0.25, 0.3) is 0 Å². The third kappa shape index (κ3) is 5.40. The minimum absolute atomic E-state index is 0.0153. The predicted molar refractivity (Wildman–Crippen MR) is 86.0 cm³/mol. The van der Waals surface area contributed by atoms with Crippen molar-refractivity contribution >= 4 is 5.91 Å². The monoisotopic (exact) mass is 306 g/mol. The van der Waals surface area contributed by atoms with Gasteiger partial charge in [-0.2, -0.15) is 0 Å². The Morgan fingerprint density at radius 2 is 2.00 bits per heavy atom. The molecule has 1 atom stereocenters.